The molecule has 0 fully saturated rings. The lowest BCUT2D eigenvalue weighted by Crippen LogP contribution is -1.87. The molecule has 0 saturated heterocycles. The molecule has 3 aromatic carbocycles. The smallest absolute Gasteiger partial charge is 0.144 e. The molecule has 1 heterocycles. The van der Waals surface area contributed by atoms with Crippen LogP contribution in [0.3, 0.4) is 0 Å². The Balaban J connectivity index is 1.82. The molecule has 1 aromatic heterocycles. The summed E-state index contributed by atoms with van der Waals surface area (Å²) in [6.07, 6.45) is 1.63. The van der Waals surface area contributed by atoms with Crippen LogP contribution in [0.2, 0.25) is 0 Å². The molecular weight excluding hydrogens is 351 g/mol. The highest BCUT2D eigenvalue weighted by Gasteiger charge is 2.11. The molecular formula is C21H15FO3S. The van der Waals surface area contributed by atoms with Crippen molar-refractivity contribution in [3.63, 3.8) is 0 Å². The third-order valence-electron chi connectivity index (χ3n) is 4.31. The van der Waals surface area contributed by atoms with Crippen LogP contribution < -0.4 is 0 Å². The van der Waals surface area contributed by atoms with Crippen molar-refractivity contribution < 1.29 is 17.2 Å². The Morgan fingerprint density at radius 2 is 1.50 bits per heavy atom. The van der Waals surface area contributed by atoms with Gasteiger partial charge in [-0.3, -0.25) is 0 Å². The van der Waals surface area contributed by atoms with Crippen LogP contribution in [-0.2, 0) is 16.5 Å². The second-order valence-electron chi connectivity index (χ2n) is 6.06. The summed E-state index contributed by atoms with van der Waals surface area (Å²) in [5.74, 6) is -0.245. The first-order valence-electron chi connectivity index (χ1n) is 8.08. The quantitative estimate of drug-likeness (QED) is 0.516. The monoisotopic (exact) mass is 366 g/mol. The van der Waals surface area contributed by atoms with E-state index < -0.39 is 10.7 Å². The number of rotatable bonds is 4. The molecule has 0 radical (unpaired) electrons. The molecule has 0 saturated carbocycles. The summed E-state index contributed by atoms with van der Waals surface area (Å²) in [4.78, 5) is 0. The van der Waals surface area contributed by atoms with E-state index >= 15 is 0 Å². The SMILES string of the molecule is O=[SH](=O)Cc1ccc(-c2cc(-c3ccc(F)cc3)c3occc3c2)cc1. The van der Waals surface area contributed by atoms with Crippen LogP contribution in [0.25, 0.3) is 33.2 Å². The van der Waals surface area contributed by atoms with E-state index in [0.717, 1.165) is 38.8 Å². The Morgan fingerprint density at radius 3 is 2.19 bits per heavy atom. The Kier molecular flexibility index (Phi) is 4.31. The van der Waals surface area contributed by atoms with Gasteiger partial charge < -0.3 is 4.42 Å². The van der Waals surface area contributed by atoms with Crippen molar-refractivity contribution in [3.8, 4) is 22.3 Å². The Bertz CT molecular complexity index is 1130. The average Bonchev–Trinajstić information content (AvgIpc) is 3.10. The van der Waals surface area contributed by atoms with Gasteiger partial charge in [-0.15, -0.1) is 0 Å². The van der Waals surface area contributed by atoms with E-state index in [1.54, 1.807) is 18.4 Å². The molecule has 0 aliphatic heterocycles. The summed E-state index contributed by atoms with van der Waals surface area (Å²) >= 11 is 0. The van der Waals surface area contributed by atoms with Gasteiger partial charge in [0.15, 0.2) is 0 Å². The molecule has 0 atom stereocenters. The van der Waals surface area contributed by atoms with Crippen LogP contribution >= 0.6 is 0 Å². The fourth-order valence-corrected chi connectivity index (χ4v) is 3.55. The maximum Gasteiger partial charge on any atom is 0.144 e. The zero-order valence-electron chi connectivity index (χ0n) is 13.7. The number of benzene rings is 3. The van der Waals surface area contributed by atoms with Gasteiger partial charge in [0.1, 0.15) is 22.1 Å². The van der Waals surface area contributed by atoms with Gasteiger partial charge in [0, 0.05) is 10.9 Å². The second-order valence-corrected chi connectivity index (χ2v) is 7.04. The maximum absolute atomic E-state index is 13.3. The topological polar surface area (TPSA) is 47.3 Å². The lowest BCUT2D eigenvalue weighted by molar-refractivity contribution is 0.613. The molecule has 0 unspecified atom stereocenters. The van der Waals surface area contributed by atoms with Crippen molar-refractivity contribution in [2.75, 3.05) is 0 Å². The largest absolute Gasteiger partial charge is 0.464 e. The highest BCUT2D eigenvalue weighted by molar-refractivity contribution is 7.71. The van der Waals surface area contributed by atoms with Gasteiger partial charge in [0.2, 0.25) is 0 Å². The third-order valence-corrected chi connectivity index (χ3v) is 4.93. The number of fused-ring (bicyclic) bond motifs is 1. The highest BCUT2D eigenvalue weighted by Crippen LogP contribution is 2.35. The normalized spacial score (nSPS) is 11.3. The molecule has 3 nitrogen and oxygen atoms in total. The van der Waals surface area contributed by atoms with E-state index in [1.165, 1.54) is 12.1 Å². The molecule has 4 rings (SSSR count). The van der Waals surface area contributed by atoms with Gasteiger partial charge in [0.25, 0.3) is 0 Å². The average molecular weight is 366 g/mol. The first-order chi connectivity index (χ1) is 12.6. The van der Waals surface area contributed by atoms with Crippen LogP contribution in [0.4, 0.5) is 4.39 Å². The third kappa shape index (κ3) is 3.26. The van der Waals surface area contributed by atoms with Crippen molar-refractivity contribution in [2.45, 2.75) is 5.75 Å². The van der Waals surface area contributed by atoms with Crippen molar-refractivity contribution in [1.82, 2.24) is 0 Å². The number of hydrogen-bond acceptors (Lipinski definition) is 3. The molecule has 0 bridgehead atoms. The van der Waals surface area contributed by atoms with Gasteiger partial charge in [0.05, 0.1) is 12.0 Å². The van der Waals surface area contributed by atoms with Gasteiger partial charge in [-0.1, -0.05) is 36.4 Å². The Hall–Kier alpha value is -2.92. The second kappa shape index (κ2) is 6.77. The van der Waals surface area contributed by atoms with Crippen LogP contribution in [-0.4, -0.2) is 8.42 Å². The van der Waals surface area contributed by atoms with Gasteiger partial charge >= 0.3 is 0 Å². The lowest BCUT2D eigenvalue weighted by Gasteiger charge is -2.08. The van der Waals surface area contributed by atoms with E-state index in [4.69, 9.17) is 4.42 Å². The number of halogens is 1. The molecule has 26 heavy (non-hydrogen) atoms. The fourth-order valence-electron chi connectivity index (χ4n) is 3.04. The molecule has 0 spiro atoms. The molecule has 0 aliphatic rings. The van der Waals surface area contributed by atoms with Crippen molar-refractivity contribution in [2.24, 2.45) is 0 Å². The Labute approximate surface area is 151 Å². The van der Waals surface area contributed by atoms with Crippen molar-refractivity contribution >= 4 is 21.7 Å². The molecule has 0 amide bonds. The summed E-state index contributed by atoms with van der Waals surface area (Å²) in [6.45, 7) is 0. The standard InChI is InChI=1S/C21H15FO3S/c22-19-7-5-16(6-8-19)20-12-18(11-17-9-10-25-21(17)20)15-3-1-14(2-4-15)13-26(23)24/h1-12,26H,13H2. The van der Waals surface area contributed by atoms with Gasteiger partial charge in [-0.05, 0) is 52.6 Å². The summed E-state index contributed by atoms with van der Waals surface area (Å²) in [7, 11) is -2.44. The molecule has 0 N–H and O–H groups in total. The van der Waals surface area contributed by atoms with Crippen LogP contribution in [0.5, 0.6) is 0 Å². The van der Waals surface area contributed by atoms with Crippen molar-refractivity contribution in [3.05, 3.63) is 84.4 Å². The van der Waals surface area contributed by atoms with E-state index in [0.29, 0.717) is 0 Å². The number of furan rings is 1. The zero-order chi connectivity index (χ0) is 18.1. The van der Waals surface area contributed by atoms with E-state index in [1.807, 2.05) is 42.5 Å². The minimum atomic E-state index is -2.44. The number of hydrogen-bond donors (Lipinski definition) is 1. The van der Waals surface area contributed by atoms with Crippen LogP contribution in [0.1, 0.15) is 5.56 Å². The van der Waals surface area contributed by atoms with Crippen molar-refractivity contribution in [1.29, 1.82) is 0 Å². The summed E-state index contributed by atoms with van der Waals surface area (Å²) in [6, 6.07) is 19.7. The van der Waals surface area contributed by atoms with Gasteiger partial charge in [-0.2, -0.15) is 0 Å². The molecule has 5 heteroatoms. The van der Waals surface area contributed by atoms with E-state index in [9.17, 15) is 12.8 Å². The minimum absolute atomic E-state index is 0.0389. The number of thiol groups is 1. The van der Waals surface area contributed by atoms with Gasteiger partial charge in [-0.25, -0.2) is 12.8 Å². The molecule has 0 aliphatic carbocycles. The zero-order valence-corrected chi connectivity index (χ0v) is 14.6. The predicted octanol–water partition coefficient (Wildman–Crippen LogP) is 5.02. The lowest BCUT2D eigenvalue weighted by atomic mass is 9.96. The first-order valence-corrected chi connectivity index (χ1v) is 9.45. The molecule has 130 valence electrons. The summed E-state index contributed by atoms with van der Waals surface area (Å²) in [5, 5.41) is 0.952. The molecule has 4 aromatic rings. The maximum atomic E-state index is 13.3. The predicted molar refractivity (Wildman–Crippen MR) is 101 cm³/mol. The first kappa shape index (κ1) is 16.5. The van der Waals surface area contributed by atoms with Crippen LogP contribution in [0, 0.1) is 5.82 Å². The van der Waals surface area contributed by atoms with E-state index in [2.05, 4.69) is 0 Å². The highest BCUT2D eigenvalue weighted by atomic mass is 32.2. The van der Waals surface area contributed by atoms with Crippen LogP contribution in [0.15, 0.2) is 77.4 Å². The minimum Gasteiger partial charge on any atom is -0.464 e. The summed E-state index contributed by atoms with van der Waals surface area (Å²) < 4.78 is 40.6. The fraction of sp³-hybridized carbons (Fsp3) is 0.0476. The summed E-state index contributed by atoms with van der Waals surface area (Å²) in [5.41, 5.74) is 5.22. The van der Waals surface area contributed by atoms with E-state index in [-0.39, 0.29) is 11.6 Å². The Morgan fingerprint density at radius 1 is 0.808 bits per heavy atom.